The second kappa shape index (κ2) is 6.89. The lowest BCUT2D eigenvalue weighted by Gasteiger charge is -2.08. The molecule has 0 radical (unpaired) electrons. The maximum atomic E-state index is 12.1. The topological polar surface area (TPSA) is 85.4 Å². The van der Waals surface area contributed by atoms with Crippen LogP contribution in [0, 0.1) is 0 Å². The second-order valence-electron chi connectivity index (χ2n) is 4.00. The zero-order chi connectivity index (χ0) is 15.2. The van der Waals surface area contributed by atoms with Crippen molar-refractivity contribution in [2.75, 3.05) is 31.4 Å². The van der Waals surface area contributed by atoms with Gasteiger partial charge < -0.3 is 20.1 Å². The number of methoxy groups -OCH3 is 2. The Morgan fingerprint density at radius 1 is 1.19 bits per heavy atom. The number of rotatable bonds is 6. The van der Waals surface area contributed by atoms with E-state index < -0.39 is 0 Å². The summed E-state index contributed by atoms with van der Waals surface area (Å²) in [6, 6.07) is 5.13. The number of aromatic nitrogens is 2. The van der Waals surface area contributed by atoms with Crippen molar-refractivity contribution in [1.82, 2.24) is 10.2 Å². The molecule has 0 saturated heterocycles. The van der Waals surface area contributed by atoms with Gasteiger partial charge in [0, 0.05) is 30.4 Å². The molecule has 1 aromatic heterocycles. The molecule has 0 fully saturated rings. The van der Waals surface area contributed by atoms with Crippen molar-refractivity contribution in [2.45, 2.75) is 6.92 Å². The molecule has 2 rings (SSSR count). The van der Waals surface area contributed by atoms with E-state index in [0.717, 1.165) is 6.54 Å². The number of amides is 1. The Hall–Kier alpha value is -2.35. The van der Waals surface area contributed by atoms with Gasteiger partial charge in [-0.25, -0.2) is 0 Å². The molecule has 21 heavy (non-hydrogen) atoms. The average molecular weight is 308 g/mol. The van der Waals surface area contributed by atoms with Crippen LogP contribution in [0.15, 0.2) is 18.2 Å². The lowest BCUT2D eigenvalue weighted by molar-refractivity contribution is 0.102. The molecular weight excluding hydrogens is 292 g/mol. The van der Waals surface area contributed by atoms with Crippen molar-refractivity contribution in [3.63, 3.8) is 0 Å². The molecule has 112 valence electrons. The number of nitrogens with zero attached hydrogens (tertiary/aromatic N) is 2. The largest absolute Gasteiger partial charge is 0.497 e. The summed E-state index contributed by atoms with van der Waals surface area (Å²) >= 11 is 1.20. The Labute approximate surface area is 126 Å². The third-order valence-corrected chi connectivity index (χ3v) is 3.44. The van der Waals surface area contributed by atoms with E-state index in [1.807, 2.05) is 6.92 Å². The molecular formula is C13H16N4O3S. The molecule has 0 aliphatic heterocycles. The number of hydrogen-bond acceptors (Lipinski definition) is 7. The second-order valence-corrected chi connectivity index (χ2v) is 4.98. The van der Waals surface area contributed by atoms with E-state index in [-0.39, 0.29) is 10.9 Å². The molecule has 0 aliphatic carbocycles. The minimum Gasteiger partial charge on any atom is -0.497 e. The maximum absolute atomic E-state index is 12.1. The first-order valence-electron chi connectivity index (χ1n) is 6.28. The van der Waals surface area contributed by atoms with Gasteiger partial charge in [-0.1, -0.05) is 11.3 Å². The Bertz CT molecular complexity index is 607. The van der Waals surface area contributed by atoms with Gasteiger partial charge in [0.25, 0.3) is 5.91 Å². The van der Waals surface area contributed by atoms with E-state index in [9.17, 15) is 4.79 Å². The quantitative estimate of drug-likeness (QED) is 0.851. The number of carbonyl (C=O) groups is 1. The molecule has 0 bridgehead atoms. The number of ether oxygens (including phenoxy) is 2. The number of carbonyl (C=O) groups excluding carboxylic acids is 1. The van der Waals surface area contributed by atoms with E-state index in [4.69, 9.17) is 9.47 Å². The Morgan fingerprint density at radius 2 is 1.86 bits per heavy atom. The normalized spacial score (nSPS) is 10.0. The van der Waals surface area contributed by atoms with Gasteiger partial charge in [-0.15, -0.1) is 10.2 Å². The number of anilines is 2. The molecule has 0 aliphatic rings. The highest BCUT2D eigenvalue weighted by Gasteiger charge is 2.13. The van der Waals surface area contributed by atoms with Gasteiger partial charge >= 0.3 is 0 Å². The molecule has 1 amide bonds. The zero-order valence-corrected chi connectivity index (χ0v) is 12.8. The van der Waals surface area contributed by atoms with Crippen LogP contribution in [0.5, 0.6) is 11.5 Å². The van der Waals surface area contributed by atoms with Crippen LogP contribution in [-0.4, -0.2) is 36.9 Å². The van der Waals surface area contributed by atoms with Crippen LogP contribution in [0.1, 0.15) is 16.7 Å². The number of nitrogens with one attached hydrogen (secondary N) is 2. The monoisotopic (exact) mass is 308 g/mol. The van der Waals surface area contributed by atoms with Crippen molar-refractivity contribution in [1.29, 1.82) is 0 Å². The first-order chi connectivity index (χ1) is 10.2. The van der Waals surface area contributed by atoms with Gasteiger partial charge in [0.05, 0.1) is 14.2 Å². The highest BCUT2D eigenvalue weighted by Crippen LogP contribution is 2.26. The molecule has 1 aromatic carbocycles. The summed E-state index contributed by atoms with van der Waals surface area (Å²) in [7, 11) is 3.10. The third-order valence-electron chi connectivity index (χ3n) is 2.56. The summed E-state index contributed by atoms with van der Waals surface area (Å²) < 4.78 is 10.3. The molecule has 0 atom stereocenters. The first kappa shape index (κ1) is 15.0. The van der Waals surface area contributed by atoms with Gasteiger partial charge in [-0.3, -0.25) is 4.79 Å². The summed E-state index contributed by atoms with van der Waals surface area (Å²) in [6.45, 7) is 2.67. The Kier molecular flexibility index (Phi) is 4.94. The van der Waals surface area contributed by atoms with Crippen molar-refractivity contribution >= 4 is 28.1 Å². The minimum atomic E-state index is -0.327. The average Bonchev–Trinajstić information content (AvgIpc) is 2.96. The van der Waals surface area contributed by atoms with Crippen LogP contribution in [0.2, 0.25) is 0 Å². The predicted molar refractivity (Wildman–Crippen MR) is 81.6 cm³/mol. The Morgan fingerprint density at radius 3 is 2.43 bits per heavy atom. The van der Waals surface area contributed by atoms with Gasteiger partial charge in [-0.2, -0.15) is 0 Å². The van der Waals surface area contributed by atoms with Gasteiger partial charge in [0.2, 0.25) is 10.1 Å². The smallest absolute Gasteiger partial charge is 0.286 e. The highest BCUT2D eigenvalue weighted by atomic mass is 32.1. The van der Waals surface area contributed by atoms with E-state index in [1.54, 1.807) is 32.4 Å². The van der Waals surface area contributed by atoms with Crippen LogP contribution < -0.4 is 20.1 Å². The van der Waals surface area contributed by atoms with Crippen molar-refractivity contribution in [3.05, 3.63) is 23.2 Å². The molecule has 2 N–H and O–H groups in total. The van der Waals surface area contributed by atoms with Crippen molar-refractivity contribution in [2.24, 2.45) is 0 Å². The summed E-state index contributed by atoms with van der Waals surface area (Å²) in [5, 5.41) is 14.4. The van der Waals surface area contributed by atoms with Crippen LogP contribution in [0.3, 0.4) is 0 Å². The van der Waals surface area contributed by atoms with Crippen LogP contribution in [-0.2, 0) is 0 Å². The van der Waals surface area contributed by atoms with E-state index in [1.165, 1.54) is 11.3 Å². The van der Waals surface area contributed by atoms with Crippen molar-refractivity contribution in [3.8, 4) is 11.5 Å². The summed E-state index contributed by atoms with van der Waals surface area (Å²) in [4.78, 5) is 12.1. The lowest BCUT2D eigenvalue weighted by atomic mass is 10.2. The number of benzene rings is 1. The first-order valence-corrected chi connectivity index (χ1v) is 7.09. The summed E-state index contributed by atoms with van der Waals surface area (Å²) in [6.07, 6.45) is 0. The number of hydrogen-bond donors (Lipinski definition) is 2. The fourth-order valence-corrected chi connectivity index (χ4v) is 2.31. The predicted octanol–water partition coefficient (Wildman–Crippen LogP) is 2.24. The molecule has 2 aromatic rings. The lowest BCUT2D eigenvalue weighted by Crippen LogP contribution is -2.11. The zero-order valence-electron chi connectivity index (χ0n) is 12.0. The van der Waals surface area contributed by atoms with Crippen LogP contribution in [0.25, 0.3) is 0 Å². The van der Waals surface area contributed by atoms with Crippen LogP contribution >= 0.6 is 11.3 Å². The van der Waals surface area contributed by atoms with E-state index >= 15 is 0 Å². The highest BCUT2D eigenvalue weighted by molar-refractivity contribution is 7.17. The fourth-order valence-electron chi connectivity index (χ4n) is 1.60. The molecule has 7 nitrogen and oxygen atoms in total. The molecule has 1 heterocycles. The summed E-state index contributed by atoms with van der Waals surface area (Å²) in [5.41, 5.74) is 0.566. The molecule has 8 heteroatoms. The standard InChI is InChI=1S/C13H16N4O3S/c1-4-14-13-17-16-12(21-13)11(18)15-8-5-9(19-2)7-10(6-8)20-3/h5-7H,4H2,1-3H3,(H,14,17)(H,15,18). The van der Waals surface area contributed by atoms with Crippen LogP contribution in [0.4, 0.5) is 10.8 Å². The fraction of sp³-hybridized carbons (Fsp3) is 0.308. The minimum absolute atomic E-state index is 0.285. The van der Waals surface area contributed by atoms with Gasteiger partial charge in [-0.05, 0) is 6.92 Å². The summed E-state index contributed by atoms with van der Waals surface area (Å²) in [5.74, 6) is 0.859. The molecule has 0 saturated carbocycles. The molecule has 0 unspecified atom stereocenters. The maximum Gasteiger partial charge on any atom is 0.286 e. The van der Waals surface area contributed by atoms with E-state index in [2.05, 4.69) is 20.8 Å². The Balaban J connectivity index is 2.14. The van der Waals surface area contributed by atoms with E-state index in [0.29, 0.717) is 22.3 Å². The van der Waals surface area contributed by atoms with Crippen molar-refractivity contribution < 1.29 is 14.3 Å². The van der Waals surface area contributed by atoms with Gasteiger partial charge in [0.1, 0.15) is 11.5 Å². The third kappa shape index (κ3) is 3.82. The molecule has 0 spiro atoms. The SMILES string of the molecule is CCNc1nnc(C(=O)Nc2cc(OC)cc(OC)c2)s1. The van der Waals surface area contributed by atoms with Gasteiger partial charge in [0.15, 0.2) is 0 Å².